The van der Waals surface area contributed by atoms with Crippen LogP contribution in [-0.2, 0) is 69.1 Å². The van der Waals surface area contributed by atoms with E-state index in [0.717, 1.165) is 0 Å². The number of hydrogen-bond donors (Lipinski definition) is 0. The molecule has 0 amide bonds. The molecule has 96 valence electrons. The third-order valence-corrected chi connectivity index (χ3v) is 1.11. The molecule has 0 atom stereocenters. The second kappa shape index (κ2) is 30.0. The van der Waals surface area contributed by atoms with E-state index in [1.54, 1.807) is 0 Å². The summed E-state index contributed by atoms with van der Waals surface area (Å²) in [5, 5.41) is 0. The van der Waals surface area contributed by atoms with E-state index in [0.29, 0.717) is 0 Å². The summed E-state index contributed by atoms with van der Waals surface area (Å²) in [6.07, 6.45) is 0. The Bertz CT molecular complexity index is 160. The van der Waals surface area contributed by atoms with E-state index in [9.17, 15) is 0 Å². The zero-order valence-corrected chi connectivity index (χ0v) is 16.3. The maximum atomic E-state index is 2.00. The Labute approximate surface area is 155 Å². The van der Waals surface area contributed by atoms with Gasteiger partial charge in [-0.25, -0.2) is 24.3 Å². The van der Waals surface area contributed by atoms with Crippen molar-refractivity contribution in [3.8, 4) is 0 Å². The van der Waals surface area contributed by atoms with Crippen molar-refractivity contribution < 1.29 is 42.1 Å². The second-order valence-corrected chi connectivity index (χ2v) is 1.92. The quantitative estimate of drug-likeness (QED) is 0.259. The normalized spacial score (nSPS) is 5.00. The Morgan fingerprint density at radius 1 is 0.500 bits per heavy atom. The van der Waals surface area contributed by atoms with E-state index in [2.05, 4.69) is 0 Å². The fourth-order valence-corrected chi connectivity index (χ4v) is 0.642. The smallest absolute Gasteiger partial charge is 0 e. The van der Waals surface area contributed by atoms with Crippen molar-refractivity contribution in [2.75, 3.05) is 0 Å². The Kier molecular flexibility index (Phi) is 67.5. The minimum Gasteiger partial charge on any atom is -0.813 e. The fourth-order valence-electron chi connectivity index (χ4n) is 0.642. The average Bonchev–Trinajstić information content (AvgIpc) is 2.67. The molecule has 16 heavy (non-hydrogen) atoms. The SMILES string of the molecule is S.S.[Mo].[Mo].[SH-].[SH-].c1cc[cH-]c1.c1cc[cH-]c1. The molecule has 0 N–H and O–H groups in total. The molecule has 0 fully saturated rings. The van der Waals surface area contributed by atoms with Crippen LogP contribution in [0, 0.1) is 0 Å². The Morgan fingerprint density at radius 3 is 0.750 bits per heavy atom. The molecule has 0 bridgehead atoms. The minimum absolute atomic E-state index is 0. The van der Waals surface area contributed by atoms with Crippen LogP contribution in [0.2, 0.25) is 0 Å². The van der Waals surface area contributed by atoms with Gasteiger partial charge >= 0.3 is 0 Å². The molecule has 0 heterocycles. The van der Waals surface area contributed by atoms with Gasteiger partial charge in [0.25, 0.3) is 0 Å². The van der Waals surface area contributed by atoms with E-state index >= 15 is 0 Å². The molecule has 2 aromatic rings. The molecule has 2 aromatic carbocycles. The molecule has 0 saturated heterocycles. The molecule has 0 radical (unpaired) electrons. The van der Waals surface area contributed by atoms with Crippen molar-refractivity contribution in [2.24, 2.45) is 0 Å². The van der Waals surface area contributed by atoms with Gasteiger partial charge in [-0.15, -0.1) is 0 Å². The van der Waals surface area contributed by atoms with E-state index in [-0.39, 0.29) is 96.1 Å². The van der Waals surface area contributed by atoms with Gasteiger partial charge in [0.15, 0.2) is 0 Å². The van der Waals surface area contributed by atoms with Gasteiger partial charge in [0.05, 0.1) is 0 Å². The molecule has 0 aliphatic carbocycles. The van der Waals surface area contributed by atoms with Crippen LogP contribution in [0.4, 0.5) is 0 Å². The summed E-state index contributed by atoms with van der Waals surface area (Å²) in [5.74, 6) is 0. The number of rotatable bonds is 0. The van der Waals surface area contributed by atoms with Crippen LogP contribution in [0.15, 0.2) is 60.7 Å². The summed E-state index contributed by atoms with van der Waals surface area (Å²) < 4.78 is 0. The fraction of sp³-hybridized carbons (Fsp3) is 0. The van der Waals surface area contributed by atoms with Gasteiger partial charge in [-0.2, -0.15) is 63.4 Å². The summed E-state index contributed by atoms with van der Waals surface area (Å²) >= 11 is 0. The zero-order valence-electron chi connectivity index (χ0n) is 8.48. The van der Waals surface area contributed by atoms with Crippen molar-refractivity contribution >= 4 is 54.0 Å². The predicted molar refractivity (Wildman–Crippen MR) is 82.4 cm³/mol. The monoisotopic (exact) mass is 460 g/mol. The van der Waals surface area contributed by atoms with Crippen LogP contribution in [-0.4, -0.2) is 0 Å². The molecular formula is C10H16Mo2S4-4. The summed E-state index contributed by atoms with van der Waals surface area (Å²) in [7, 11) is 0. The molecule has 0 aliphatic heterocycles. The van der Waals surface area contributed by atoms with Gasteiger partial charge in [0, 0.05) is 42.1 Å². The first-order chi connectivity index (χ1) is 5.00. The van der Waals surface area contributed by atoms with Crippen LogP contribution in [0.25, 0.3) is 0 Å². The predicted octanol–water partition coefficient (Wildman–Crippen LogP) is 2.49. The van der Waals surface area contributed by atoms with Crippen LogP contribution < -0.4 is 0 Å². The van der Waals surface area contributed by atoms with Crippen LogP contribution >= 0.6 is 27.0 Å². The minimum atomic E-state index is 0. The molecule has 0 unspecified atom stereocenters. The topological polar surface area (TPSA) is 0 Å². The van der Waals surface area contributed by atoms with E-state index in [1.807, 2.05) is 60.7 Å². The van der Waals surface area contributed by atoms with Gasteiger partial charge < -0.3 is 27.0 Å². The first-order valence-electron chi connectivity index (χ1n) is 3.33. The van der Waals surface area contributed by atoms with Gasteiger partial charge in [-0.05, 0) is 0 Å². The summed E-state index contributed by atoms with van der Waals surface area (Å²) in [5.41, 5.74) is 0. The molecule has 0 spiro atoms. The first-order valence-corrected chi connectivity index (χ1v) is 3.33. The van der Waals surface area contributed by atoms with Gasteiger partial charge in [-0.1, -0.05) is 0 Å². The molecule has 0 saturated carbocycles. The van der Waals surface area contributed by atoms with Gasteiger partial charge in [0.1, 0.15) is 0 Å². The Morgan fingerprint density at radius 2 is 0.688 bits per heavy atom. The largest absolute Gasteiger partial charge is 0.813 e. The maximum Gasteiger partial charge on any atom is 0 e. The van der Waals surface area contributed by atoms with Crippen molar-refractivity contribution in [3.05, 3.63) is 60.7 Å². The van der Waals surface area contributed by atoms with Crippen LogP contribution in [0.3, 0.4) is 0 Å². The second-order valence-electron chi connectivity index (χ2n) is 1.92. The van der Waals surface area contributed by atoms with Gasteiger partial charge in [-0.3, -0.25) is 0 Å². The molecule has 0 nitrogen and oxygen atoms in total. The molecule has 6 heteroatoms. The molecule has 2 rings (SSSR count). The van der Waals surface area contributed by atoms with Crippen LogP contribution in [0.1, 0.15) is 0 Å². The average molecular weight is 456 g/mol. The third-order valence-electron chi connectivity index (χ3n) is 1.11. The molecule has 0 aromatic heterocycles. The van der Waals surface area contributed by atoms with E-state index in [1.165, 1.54) is 0 Å². The Balaban J connectivity index is -0.0000000227. The standard InChI is InChI=1S/2C5H5.2Mo.4H2S/c2*1-2-4-5-3-1;;;;;;/h2*1-5H;;;4*1H2/q2*-1;;;;;;/p-2. The number of thiol groups is 2. The number of hydrogen-bond acceptors (Lipinski definition) is 2. The van der Waals surface area contributed by atoms with E-state index in [4.69, 9.17) is 0 Å². The third kappa shape index (κ3) is 24.6. The van der Waals surface area contributed by atoms with Crippen LogP contribution in [0.5, 0.6) is 0 Å². The van der Waals surface area contributed by atoms with Crippen molar-refractivity contribution in [3.63, 3.8) is 0 Å². The van der Waals surface area contributed by atoms with Crippen molar-refractivity contribution in [2.45, 2.75) is 0 Å². The zero-order chi connectivity index (χ0) is 7.07. The van der Waals surface area contributed by atoms with Crippen molar-refractivity contribution in [1.29, 1.82) is 0 Å². The summed E-state index contributed by atoms with van der Waals surface area (Å²) in [4.78, 5) is 0. The van der Waals surface area contributed by atoms with Crippen molar-refractivity contribution in [1.82, 2.24) is 0 Å². The first kappa shape index (κ1) is 36.0. The maximum absolute atomic E-state index is 2.00. The molecule has 0 aliphatic rings. The summed E-state index contributed by atoms with van der Waals surface area (Å²) in [6, 6.07) is 20.0. The van der Waals surface area contributed by atoms with E-state index < -0.39 is 0 Å². The Hall–Kier alpha value is 1.48. The summed E-state index contributed by atoms with van der Waals surface area (Å²) in [6.45, 7) is 0. The molecular weight excluding hydrogens is 440 g/mol. The van der Waals surface area contributed by atoms with Gasteiger partial charge in [0.2, 0.25) is 0 Å².